The van der Waals surface area contributed by atoms with Crippen molar-refractivity contribution >= 4 is 34.7 Å². The number of carbonyl (C=O) groups is 1. The standard InChI is InChI=1S/C15H18ClN3OS/c1-3-4-11-7-10(8-14(17-2)19-11)15(20)18-9-12-5-6-13(16)21-12/h5-8H,3-4,9H2,1-2H3,(H,17,19)(H,18,20). The van der Waals surface area contributed by atoms with Crippen LogP contribution in [0.1, 0.15) is 34.3 Å². The van der Waals surface area contributed by atoms with Crippen molar-refractivity contribution in [2.75, 3.05) is 12.4 Å². The summed E-state index contributed by atoms with van der Waals surface area (Å²) in [5.41, 5.74) is 1.55. The Morgan fingerprint density at radius 1 is 1.38 bits per heavy atom. The van der Waals surface area contributed by atoms with Crippen LogP contribution in [0.3, 0.4) is 0 Å². The highest BCUT2D eigenvalue weighted by molar-refractivity contribution is 7.16. The molecule has 0 aliphatic carbocycles. The molecular formula is C15H18ClN3OS. The zero-order chi connectivity index (χ0) is 15.2. The van der Waals surface area contributed by atoms with Gasteiger partial charge in [-0.15, -0.1) is 11.3 Å². The summed E-state index contributed by atoms with van der Waals surface area (Å²) in [7, 11) is 1.80. The molecule has 1 amide bonds. The van der Waals surface area contributed by atoms with E-state index in [4.69, 9.17) is 11.6 Å². The van der Waals surface area contributed by atoms with E-state index >= 15 is 0 Å². The first-order valence-electron chi connectivity index (χ1n) is 6.83. The fourth-order valence-electron chi connectivity index (χ4n) is 1.95. The van der Waals surface area contributed by atoms with Crippen molar-refractivity contribution in [3.63, 3.8) is 0 Å². The molecule has 2 rings (SSSR count). The van der Waals surface area contributed by atoms with Crippen LogP contribution >= 0.6 is 22.9 Å². The molecule has 0 fully saturated rings. The summed E-state index contributed by atoms with van der Waals surface area (Å²) in [5.74, 6) is 0.612. The van der Waals surface area contributed by atoms with Gasteiger partial charge in [-0.2, -0.15) is 0 Å². The van der Waals surface area contributed by atoms with Gasteiger partial charge in [-0.1, -0.05) is 24.9 Å². The van der Waals surface area contributed by atoms with Crippen LogP contribution in [0.25, 0.3) is 0 Å². The molecule has 2 aromatic rings. The number of hydrogen-bond acceptors (Lipinski definition) is 4. The highest BCUT2D eigenvalue weighted by Gasteiger charge is 2.10. The zero-order valence-electron chi connectivity index (χ0n) is 12.1. The highest BCUT2D eigenvalue weighted by Crippen LogP contribution is 2.21. The van der Waals surface area contributed by atoms with Gasteiger partial charge >= 0.3 is 0 Å². The van der Waals surface area contributed by atoms with Gasteiger partial charge in [0.1, 0.15) is 5.82 Å². The molecule has 0 radical (unpaired) electrons. The second-order valence-electron chi connectivity index (χ2n) is 4.62. The number of aromatic nitrogens is 1. The van der Waals surface area contributed by atoms with Gasteiger partial charge in [0, 0.05) is 23.2 Å². The number of amides is 1. The number of carbonyl (C=O) groups excluding carboxylic acids is 1. The quantitative estimate of drug-likeness (QED) is 0.852. The lowest BCUT2D eigenvalue weighted by molar-refractivity contribution is 0.0951. The number of pyridine rings is 1. The third kappa shape index (κ3) is 4.44. The third-order valence-corrected chi connectivity index (χ3v) is 4.19. The second-order valence-corrected chi connectivity index (χ2v) is 6.42. The molecule has 0 aliphatic rings. The van der Waals surface area contributed by atoms with Gasteiger partial charge in [0.05, 0.1) is 10.9 Å². The summed E-state index contributed by atoms with van der Waals surface area (Å²) in [5, 5.41) is 5.90. The van der Waals surface area contributed by atoms with E-state index in [1.807, 2.05) is 18.2 Å². The number of halogens is 1. The topological polar surface area (TPSA) is 54.0 Å². The Balaban J connectivity index is 2.08. The van der Waals surface area contributed by atoms with E-state index in [0.29, 0.717) is 17.9 Å². The molecule has 0 spiro atoms. The number of thiophene rings is 1. The fraction of sp³-hybridized carbons (Fsp3) is 0.333. The SMILES string of the molecule is CCCc1cc(C(=O)NCc2ccc(Cl)s2)cc(NC)n1. The molecule has 4 nitrogen and oxygen atoms in total. The van der Waals surface area contributed by atoms with Gasteiger partial charge in [-0.25, -0.2) is 4.98 Å². The van der Waals surface area contributed by atoms with E-state index in [2.05, 4.69) is 22.5 Å². The molecular weight excluding hydrogens is 306 g/mol. The summed E-state index contributed by atoms with van der Waals surface area (Å²) in [6, 6.07) is 7.36. The van der Waals surface area contributed by atoms with Gasteiger partial charge in [-0.05, 0) is 30.7 Å². The van der Waals surface area contributed by atoms with Crippen molar-refractivity contribution in [2.24, 2.45) is 0 Å². The van der Waals surface area contributed by atoms with Gasteiger partial charge in [0.25, 0.3) is 5.91 Å². The molecule has 0 aromatic carbocycles. The minimum Gasteiger partial charge on any atom is -0.373 e. The maximum absolute atomic E-state index is 12.3. The van der Waals surface area contributed by atoms with Gasteiger partial charge in [-0.3, -0.25) is 4.79 Å². The van der Waals surface area contributed by atoms with Crippen LogP contribution in [-0.4, -0.2) is 17.9 Å². The Hall–Kier alpha value is -1.59. The molecule has 21 heavy (non-hydrogen) atoms. The van der Waals surface area contributed by atoms with Crippen LogP contribution in [0.4, 0.5) is 5.82 Å². The van der Waals surface area contributed by atoms with E-state index in [9.17, 15) is 4.79 Å². The van der Waals surface area contributed by atoms with Crippen LogP contribution in [0, 0.1) is 0 Å². The lowest BCUT2D eigenvalue weighted by Crippen LogP contribution is -2.22. The number of aryl methyl sites for hydroxylation is 1. The van der Waals surface area contributed by atoms with Crippen LogP contribution in [-0.2, 0) is 13.0 Å². The fourth-order valence-corrected chi connectivity index (χ4v) is 2.97. The number of anilines is 1. The number of nitrogens with one attached hydrogen (secondary N) is 2. The molecule has 112 valence electrons. The lowest BCUT2D eigenvalue weighted by Gasteiger charge is -2.08. The maximum Gasteiger partial charge on any atom is 0.251 e. The van der Waals surface area contributed by atoms with Crippen molar-refractivity contribution in [3.05, 3.63) is 44.7 Å². The van der Waals surface area contributed by atoms with Crippen LogP contribution < -0.4 is 10.6 Å². The van der Waals surface area contributed by atoms with Crippen molar-refractivity contribution < 1.29 is 4.79 Å². The average Bonchev–Trinajstić information content (AvgIpc) is 2.90. The minimum absolute atomic E-state index is 0.101. The summed E-state index contributed by atoms with van der Waals surface area (Å²) in [6.07, 6.45) is 1.85. The molecule has 2 N–H and O–H groups in total. The molecule has 0 saturated carbocycles. The predicted molar refractivity (Wildman–Crippen MR) is 88.3 cm³/mol. The predicted octanol–water partition coefficient (Wildman–Crippen LogP) is 3.72. The zero-order valence-corrected chi connectivity index (χ0v) is 13.6. The Morgan fingerprint density at radius 3 is 2.81 bits per heavy atom. The number of rotatable bonds is 6. The van der Waals surface area contributed by atoms with Gasteiger partial charge < -0.3 is 10.6 Å². The van der Waals surface area contributed by atoms with Crippen molar-refractivity contribution in [1.82, 2.24) is 10.3 Å². The van der Waals surface area contributed by atoms with Crippen molar-refractivity contribution in [2.45, 2.75) is 26.3 Å². The van der Waals surface area contributed by atoms with Gasteiger partial charge in [0.15, 0.2) is 0 Å². The number of nitrogens with zero attached hydrogens (tertiary/aromatic N) is 1. The number of hydrogen-bond donors (Lipinski definition) is 2. The molecule has 0 aliphatic heterocycles. The van der Waals surface area contributed by atoms with Crippen molar-refractivity contribution in [1.29, 1.82) is 0 Å². The van der Waals surface area contributed by atoms with Crippen LogP contribution in [0.15, 0.2) is 24.3 Å². The minimum atomic E-state index is -0.101. The lowest BCUT2D eigenvalue weighted by atomic mass is 10.1. The van der Waals surface area contributed by atoms with E-state index in [-0.39, 0.29) is 5.91 Å². The normalized spacial score (nSPS) is 10.4. The van der Waals surface area contributed by atoms with Crippen LogP contribution in [0.2, 0.25) is 4.34 Å². The van der Waals surface area contributed by atoms with E-state index in [0.717, 1.165) is 27.7 Å². The second kappa shape index (κ2) is 7.43. The first-order valence-corrected chi connectivity index (χ1v) is 8.03. The van der Waals surface area contributed by atoms with E-state index in [1.54, 1.807) is 13.1 Å². The third-order valence-electron chi connectivity index (χ3n) is 2.95. The van der Waals surface area contributed by atoms with Gasteiger partial charge in [0.2, 0.25) is 0 Å². The highest BCUT2D eigenvalue weighted by atomic mass is 35.5. The first-order chi connectivity index (χ1) is 10.1. The molecule has 0 unspecified atom stereocenters. The monoisotopic (exact) mass is 323 g/mol. The molecule has 0 bridgehead atoms. The average molecular weight is 324 g/mol. The molecule has 6 heteroatoms. The summed E-state index contributed by atoms with van der Waals surface area (Å²) >= 11 is 7.35. The molecule has 2 aromatic heterocycles. The maximum atomic E-state index is 12.3. The van der Waals surface area contributed by atoms with Crippen molar-refractivity contribution in [3.8, 4) is 0 Å². The van der Waals surface area contributed by atoms with E-state index < -0.39 is 0 Å². The Kier molecular flexibility index (Phi) is 5.59. The molecule has 0 atom stereocenters. The largest absolute Gasteiger partial charge is 0.373 e. The Morgan fingerprint density at radius 2 is 2.19 bits per heavy atom. The summed E-state index contributed by atoms with van der Waals surface area (Å²) in [6.45, 7) is 2.57. The molecule has 0 saturated heterocycles. The smallest absolute Gasteiger partial charge is 0.251 e. The summed E-state index contributed by atoms with van der Waals surface area (Å²) < 4.78 is 0.728. The first kappa shape index (κ1) is 15.8. The Bertz CT molecular complexity index is 627. The molecule has 2 heterocycles. The van der Waals surface area contributed by atoms with E-state index in [1.165, 1.54) is 11.3 Å². The van der Waals surface area contributed by atoms with Crippen LogP contribution in [0.5, 0.6) is 0 Å². The summed E-state index contributed by atoms with van der Waals surface area (Å²) in [4.78, 5) is 17.7. The Labute approximate surface area is 133 Å².